The highest BCUT2D eigenvalue weighted by Crippen LogP contribution is 2.33. The van der Waals surface area contributed by atoms with E-state index >= 15 is 0 Å². The van der Waals surface area contributed by atoms with E-state index in [1.54, 1.807) is 56.0 Å². The average molecular weight is 412 g/mol. The largest absolute Gasteiger partial charge is 0.493 e. The van der Waals surface area contributed by atoms with Gasteiger partial charge in [-0.25, -0.2) is 4.98 Å². The number of nitrogens with zero attached hydrogens (tertiary/aromatic N) is 1. The second-order valence-electron chi connectivity index (χ2n) is 6.07. The monoisotopic (exact) mass is 412 g/mol. The summed E-state index contributed by atoms with van der Waals surface area (Å²) in [7, 11) is 3.13. The molecule has 0 saturated carbocycles. The first-order valence-electron chi connectivity index (χ1n) is 8.72. The molecule has 0 aliphatic carbocycles. The molecule has 3 rings (SSSR count). The number of benzene rings is 2. The number of primary amides is 1. The molecule has 0 aliphatic heterocycles. The van der Waals surface area contributed by atoms with Crippen LogP contribution in [0.1, 0.15) is 17.4 Å². The zero-order valence-electron chi connectivity index (χ0n) is 16.0. The molecule has 0 radical (unpaired) electrons. The Hall–Kier alpha value is -3.39. The van der Waals surface area contributed by atoms with Crippen LogP contribution in [0.15, 0.2) is 53.9 Å². The lowest BCUT2D eigenvalue weighted by molar-refractivity contribution is -0.154. The molecule has 0 saturated heterocycles. The van der Waals surface area contributed by atoms with Crippen molar-refractivity contribution in [2.75, 3.05) is 14.2 Å². The van der Waals surface area contributed by atoms with Crippen LogP contribution in [0.2, 0.25) is 0 Å². The molecule has 0 spiro atoms. The molecular weight excluding hydrogens is 392 g/mol. The van der Waals surface area contributed by atoms with Gasteiger partial charge < -0.3 is 19.9 Å². The summed E-state index contributed by atoms with van der Waals surface area (Å²) in [5.74, 6) is -0.0982. The highest BCUT2D eigenvalue weighted by atomic mass is 32.1. The van der Waals surface area contributed by atoms with E-state index in [1.807, 2.05) is 12.1 Å². The second-order valence-corrected chi connectivity index (χ2v) is 6.93. The molecule has 1 unspecified atom stereocenters. The maximum absolute atomic E-state index is 12.3. The fraction of sp³-hybridized carbons (Fsp3) is 0.190. The van der Waals surface area contributed by atoms with E-state index in [4.69, 9.17) is 19.9 Å². The number of carbonyl (C=O) groups excluding carboxylic acids is 2. The van der Waals surface area contributed by atoms with Gasteiger partial charge in [0, 0.05) is 16.5 Å². The summed E-state index contributed by atoms with van der Waals surface area (Å²) in [6.07, 6.45) is -1.20. The van der Waals surface area contributed by atoms with Gasteiger partial charge in [-0.15, -0.1) is 11.3 Å². The van der Waals surface area contributed by atoms with E-state index in [2.05, 4.69) is 4.98 Å². The van der Waals surface area contributed by atoms with Crippen LogP contribution in [0.3, 0.4) is 0 Å². The normalized spacial score (nSPS) is 11.5. The van der Waals surface area contributed by atoms with E-state index in [9.17, 15) is 9.59 Å². The van der Waals surface area contributed by atoms with Crippen LogP contribution in [-0.2, 0) is 20.7 Å². The Kier molecular flexibility index (Phi) is 6.46. The van der Waals surface area contributed by atoms with E-state index in [1.165, 1.54) is 11.3 Å². The van der Waals surface area contributed by atoms with Gasteiger partial charge >= 0.3 is 5.97 Å². The summed E-state index contributed by atoms with van der Waals surface area (Å²) in [5.41, 5.74) is 7.30. The van der Waals surface area contributed by atoms with Crippen LogP contribution in [0.5, 0.6) is 11.5 Å². The molecule has 2 N–H and O–H groups in total. The number of esters is 1. The third kappa shape index (κ3) is 4.91. The number of nitrogens with two attached hydrogens (primary N) is 1. The van der Waals surface area contributed by atoms with Crippen molar-refractivity contribution in [2.45, 2.75) is 12.5 Å². The van der Waals surface area contributed by atoms with Crippen LogP contribution in [0.4, 0.5) is 0 Å². The average Bonchev–Trinajstić information content (AvgIpc) is 3.20. The first-order chi connectivity index (χ1) is 14.0. The lowest BCUT2D eigenvalue weighted by Crippen LogP contribution is -2.26. The van der Waals surface area contributed by atoms with E-state index in [0.717, 1.165) is 10.6 Å². The Labute approximate surface area is 172 Å². The molecule has 2 aromatic carbocycles. The fourth-order valence-electron chi connectivity index (χ4n) is 2.73. The number of hydrogen-bond donors (Lipinski definition) is 1. The summed E-state index contributed by atoms with van der Waals surface area (Å²) in [6.45, 7) is 0. The predicted octanol–water partition coefficient (Wildman–Crippen LogP) is 3.14. The molecule has 1 atom stereocenters. The number of carbonyl (C=O) groups is 2. The van der Waals surface area contributed by atoms with Crippen molar-refractivity contribution in [1.82, 2.24) is 4.98 Å². The minimum absolute atomic E-state index is 0.0690. The molecule has 0 fully saturated rings. The van der Waals surface area contributed by atoms with Gasteiger partial charge in [-0.3, -0.25) is 9.59 Å². The topological polar surface area (TPSA) is 101 Å². The van der Waals surface area contributed by atoms with Crippen molar-refractivity contribution in [3.63, 3.8) is 0 Å². The number of thiazole rings is 1. The molecule has 7 nitrogen and oxygen atoms in total. The van der Waals surface area contributed by atoms with Crippen molar-refractivity contribution in [3.05, 3.63) is 65.2 Å². The van der Waals surface area contributed by atoms with Gasteiger partial charge in [0.2, 0.25) is 6.10 Å². The van der Waals surface area contributed by atoms with Crippen LogP contribution in [0, 0.1) is 0 Å². The highest BCUT2D eigenvalue weighted by Gasteiger charge is 2.23. The molecule has 1 heterocycles. The van der Waals surface area contributed by atoms with Gasteiger partial charge in [-0.1, -0.05) is 30.3 Å². The van der Waals surface area contributed by atoms with Crippen LogP contribution < -0.4 is 15.2 Å². The third-order valence-electron chi connectivity index (χ3n) is 4.12. The Balaban J connectivity index is 1.71. The predicted molar refractivity (Wildman–Crippen MR) is 109 cm³/mol. The number of hydrogen-bond acceptors (Lipinski definition) is 7. The number of rotatable bonds is 8. The van der Waals surface area contributed by atoms with Crippen LogP contribution in [-0.4, -0.2) is 31.1 Å². The quantitative estimate of drug-likeness (QED) is 0.571. The molecule has 3 aromatic rings. The summed E-state index contributed by atoms with van der Waals surface area (Å²) in [4.78, 5) is 28.5. The van der Waals surface area contributed by atoms with E-state index in [0.29, 0.717) is 22.8 Å². The Bertz CT molecular complexity index is 1000. The SMILES string of the molecule is COc1ccc(-c2nc(CC(=O)OC(C(N)=O)c3ccccc3)cs2)cc1OC. The summed E-state index contributed by atoms with van der Waals surface area (Å²) < 4.78 is 15.8. The fourth-order valence-corrected chi connectivity index (χ4v) is 3.55. The van der Waals surface area contributed by atoms with Crippen molar-refractivity contribution in [1.29, 1.82) is 0 Å². The Morgan fingerprint density at radius 1 is 1.07 bits per heavy atom. The van der Waals surface area contributed by atoms with Crippen molar-refractivity contribution >= 4 is 23.2 Å². The smallest absolute Gasteiger partial charge is 0.313 e. The van der Waals surface area contributed by atoms with Crippen molar-refractivity contribution in [3.8, 4) is 22.1 Å². The van der Waals surface area contributed by atoms with Gasteiger partial charge in [-0.05, 0) is 18.2 Å². The van der Waals surface area contributed by atoms with Gasteiger partial charge in [-0.2, -0.15) is 0 Å². The first kappa shape index (κ1) is 20.3. The first-order valence-corrected chi connectivity index (χ1v) is 9.60. The summed E-state index contributed by atoms with van der Waals surface area (Å²) in [5, 5.41) is 2.50. The maximum Gasteiger partial charge on any atom is 0.313 e. The number of methoxy groups -OCH3 is 2. The summed E-state index contributed by atoms with van der Waals surface area (Å²) >= 11 is 1.39. The molecule has 0 bridgehead atoms. The van der Waals surface area contributed by atoms with E-state index < -0.39 is 18.0 Å². The van der Waals surface area contributed by atoms with Crippen LogP contribution in [0.25, 0.3) is 10.6 Å². The molecule has 29 heavy (non-hydrogen) atoms. The molecular formula is C21H20N2O5S. The Morgan fingerprint density at radius 2 is 1.79 bits per heavy atom. The number of ether oxygens (including phenoxy) is 3. The minimum Gasteiger partial charge on any atom is -0.493 e. The zero-order valence-corrected chi connectivity index (χ0v) is 16.8. The molecule has 1 amide bonds. The van der Waals surface area contributed by atoms with Gasteiger partial charge in [0.15, 0.2) is 11.5 Å². The van der Waals surface area contributed by atoms with Crippen molar-refractivity contribution < 1.29 is 23.8 Å². The number of aromatic nitrogens is 1. The van der Waals surface area contributed by atoms with Gasteiger partial charge in [0.25, 0.3) is 5.91 Å². The molecule has 1 aromatic heterocycles. The standard InChI is InChI=1S/C21H20N2O5S/c1-26-16-9-8-14(10-17(16)27-2)21-23-15(12-29-21)11-18(24)28-19(20(22)25)13-6-4-3-5-7-13/h3-10,12,19H,11H2,1-2H3,(H2,22,25). The summed E-state index contributed by atoms with van der Waals surface area (Å²) in [6, 6.07) is 14.1. The third-order valence-corrected chi connectivity index (χ3v) is 5.06. The van der Waals surface area contributed by atoms with Crippen LogP contribution >= 0.6 is 11.3 Å². The van der Waals surface area contributed by atoms with E-state index in [-0.39, 0.29) is 6.42 Å². The number of amides is 1. The van der Waals surface area contributed by atoms with Gasteiger partial charge in [0.05, 0.1) is 26.3 Å². The van der Waals surface area contributed by atoms with Crippen molar-refractivity contribution in [2.24, 2.45) is 5.73 Å². The zero-order chi connectivity index (χ0) is 20.8. The lowest BCUT2D eigenvalue weighted by Gasteiger charge is -2.14. The Morgan fingerprint density at radius 3 is 2.45 bits per heavy atom. The molecule has 150 valence electrons. The molecule has 0 aliphatic rings. The minimum atomic E-state index is -1.13. The lowest BCUT2D eigenvalue weighted by atomic mass is 10.1. The van der Waals surface area contributed by atoms with Gasteiger partial charge in [0.1, 0.15) is 5.01 Å². The highest BCUT2D eigenvalue weighted by molar-refractivity contribution is 7.13. The maximum atomic E-state index is 12.3. The second kappa shape index (κ2) is 9.20. The molecule has 8 heteroatoms.